The van der Waals surface area contributed by atoms with Crippen molar-refractivity contribution in [2.45, 2.75) is 19.4 Å². The minimum absolute atomic E-state index is 0.0957. The molecule has 37 heavy (non-hydrogen) atoms. The van der Waals surface area contributed by atoms with Crippen LogP contribution in [0.2, 0.25) is 0 Å². The van der Waals surface area contributed by atoms with Crippen LogP contribution in [0.1, 0.15) is 13.3 Å². The maximum absolute atomic E-state index is 12.9. The van der Waals surface area contributed by atoms with Crippen molar-refractivity contribution in [3.63, 3.8) is 0 Å². The summed E-state index contributed by atoms with van der Waals surface area (Å²) in [5.41, 5.74) is 2.87. The van der Waals surface area contributed by atoms with Crippen molar-refractivity contribution in [2.24, 2.45) is 10.9 Å². The van der Waals surface area contributed by atoms with E-state index in [0.29, 0.717) is 36.2 Å². The summed E-state index contributed by atoms with van der Waals surface area (Å²) in [6.45, 7) is 6.50. The lowest BCUT2D eigenvalue weighted by molar-refractivity contribution is 0.264. The molecule has 0 spiro atoms. The Balaban J connectivity index is 1.47. The molecule has 3 aromatic heterocycles. The summed E-state index contributed by atoms with van der Waals surface area (Å²) in [5, 5.41) is 3.56. The number of fused-ring (bicyclic) bond motifs is 1. The fourth-order valence-electron chi connectivity index (χ4n) is 4.89. The molecule has 2 aliphatic rings. The number of piperazine rings is 1. The number of nitrogens with zero attached hydrogens (tertiary/aromatic N) is 8. The molecule has 12 nitrogen and oxygen atoms in total. The highest BCUT2D eigenvalue weighted by Crippen LogP contribution is 2.30. The zero-order chi connectivity index (χ0) is 26.0. The third-order valence-corrected chi connectivity index (χ3v) is 8.58. The predicted molar refractivity (Wildman–Crippen MR) is 146 cm³/mol. The third kappa shape index (κ3) is 5.73. The van der Waals surface area contributed by atoms with Gasteiger partial charge in [0.05, 0.1) is 23.2 Å². The molecule has 2 atom stereocenters. The van der Waals surface area contributed by atoms with Crippen LogP contribution in [0.25, 0.3) is 22.4 Å². The molecular weight excluding hydrogens is 492 g/mol. The summed E-state index contributed by atoms with van der Waals surface area (Å²) in [4.78, 5) is 30.3. The Hall–Kier alpha value is -3.16. The summed E-state index contributed by atoms with van der Waals surface area (Å²) < 4.78 is 27.4. The maximum Gasteiger partial charge on any atom is 0.227 e. The fraction of sp³-hybridized carbons (Fsp3) is 0.542. The number of aliphatic imine (C=N–C) groups is 1. The second-order valence-corrected chi connectivity index (χ2v) is 11.9. The van der Waals surface area contributed by atoms with Crippen LogP contribution < -0.4 is 10.2 Å². The summed E-state index contributed by atoms with van der Waals surface area (Å²) >= 11 is 0. The second-order valence-electron chi connectivity index (χ2n) is 9.91. The summed E-state index contributed by atoms with van der Waals surface area (Å²) in [6, 6.07) is 1.76. The van der Waals surface area contributed by atoms with E-state index in [1.54, 1.807) is 23.7 Å². The van der Waals surface area contributed by atoms with E-state index in [1.165, 1.54) is 6.21 Å². The van der Waals surface area contributed by atoms with Gasteiger partial charge in [0.2, 0.25) is 16.0 Å². The molecule has 2 unspecified atom stereocenters. The van der Waals surface area contributed by atoms with Crippen molar-refractivity contribution < 1.29 is 8.42 Å². The van der Waals surface area contributed by atoms with Gasteiger partial charge in [0.25, 0.3) is 0 Å². The third-order valence-electron chi connectivity index (χ3n) is 6.93. The molecule has 0 bridgehead atoms. The molecule has 0 aliphatic carbocycles. The number of H-pyrrole nitrogens is 1. The summed E-state index contributed by atoms with van der Waals surface area (Å²) in [6.07, 6.45) is 7.58. The second kappa shape index (κ2) is 10.7. The number of hydrogen-bond acceptors (Lipinski definition) is 10. The van der Waals surface area contributed by atoms with Gasteiger partial charge < -0.3 is 20.1 Å². The summed E-state index contributed by atoms with van der Waals surface area (Å²) in [5.74, 6) is 1.39. The van der Waals surface area contributed by atoms with Gasteiger partial charge in [-0.15, -0.1) is 0 Å². The number of nitrogens with one attached hydrogen (secondary N) is 2. The molecule has 2 saturated heterocycles. The molecule has 198 valence electrons. The average molecular weight is 527 g/mol. The molecule has 0 amide bonds. The molecule has 13 heteroatoms. The van der Waals surface area contributed by atoms with Gasteiger partial charge in [0, 0.05) is 71.0 Å². The lowest BCUT2D eigenvalue weighted by atomic mass is 9.97. The first-order valence-electron chi connectivity index (χ1n) is 12.6. The number of likely N-dealkylation sites (N-methyl/N-ethyl adjacent to an activating group) is 1. The Bertz CT molecular complexity index is 1370. The largest absolute Gasteiger partial charge is 0.365 e. The molecule has 3 aromatic rings. The van der Waals surface area contributed by atoms with E-state index in [1.807, 2.05) is 12.3 Å². The van der Waals surface area contributed by atoms with Crippen LogP contribution >= 0.6 is 0 Å². The van der Waals surface area contributed by atoms with E-state index in [0.717, 1.165) is 43.7 Å². The standard InChI is InChI=1S/C24H34N10O2S/c1-17-12-18(16-34(15-17)37(35,36)11-6-25-2)29-22-19(21-14-27-23-20(30-21)4-5-26-23)13-28-24(31-22)33-9-7-32(3)8-10-33/h4-6,13-14,17-18H,7-12,15-16H2,1-3H3,(H,26,27)(H,28,29,31). The topological polar surface area (TPSA) is 136 Å². The minimum atomic E-state index is -3.44. The molecule has 0 saturated carbocycles. The highest BCUT2D eigenvalue weighted by atomic mass is 32.2. The SMILES string of the molecule is CN=CCS(=O)(=O)N1CC(C)CC(Nc2nc(N3CCN(C)CC3)ncc2-c2cnc3[nH]ccc3n2)C1. The summed E-state index contributed by atoms with van der Waals surface area (Å²) in [7, 11) is 0.254. The van der Waals surface area contributed by atoms with Gasteiger partial charge in [-0.25, -0.2) is 23.4 Å². The van der Waals surface area contributed by atoms with E-state index in [4.69, 9.17) is 9.97 Å². The molecular formula is C24H34N10O2S. The smallest absolute Gasteiger partial charge is 0.227 e. The Morgan fingerprint density at radius 2 is 1.97 bits per heavy atom. The number of anilines is 2. The van der Waals surface area contributed by atoms with Crippen LogP contribution in [0.5, 0.6) is 0 Å². The Kier molecular flexibility index (Phi) is 7.36. The van der Waals surface area contributed by atoms with Gasteiger partial charge in [-0.1, -0.05) is 6.92 Å². The van der Waals surface area contributed by atoms with Gasteiger partial charge in [-0.2, -0.15) is 9.29 Å². The van der Waals surface area contributed by atoms with Crippen LogP contribution in [0.3, 0.4) is 0 Å². The van der Waals surface area contributed by atoms with Crippen molar-refractivity contribution in [2.75, 3.05) is 69.3 Å². The molecule has 0 radical (unpaired) electrons. The number of rotatable bonds is 7. The Morgan fingerprint density at radius 1 is 1.16 bits per heavy atom. The van der Waals surface area contributed by atoms with Gasteiger partial charge in [0.15, 0.2) is 5.65 Å². The fourth-order valence-corrected chi connectivity index (χ4v) is 6.33. The van der Waals surface area contributed by atoms with E-state index in [2.05, 4.69) is 49.0 Å². The maximum atomic E-state index is 12.9. The zero-order valence-electron chi connectivity index (χ0n) is 21.5. The van der Waals surface area contributed by atoms with Crippen LogP contribution in [-0.4, -0.2) is 114 Å². The van der Waals surface area contributed by atoms with Crippen LogP contribution in [-0.2, 0) is 10.0 Å². The van der Waals surface area contributed by atoms with Gasteiger partial charge >= 0.3 is 0 Å². The molecule has 0 aromatic carbocycles. The lowest BCUT2D eigenvalue weighted by Gasteiger charge is -2.36. The predicted octanol–water partition coefficient (Wildman–Crippen LogP) is 1.32. The monoisotopic (exact) mass is 526 g/mol. The quantitative estimate of drug-likeness (QED) is 0.437. The molecule has 5 heterocycles. The van der Waals surface area contributed by atoms with E-state index in [9.17, 15) is 8.42 Å². The number of aromatic amines is 1. The Labute approximate surface area is 217 Å². The Morgan fingerprint density at radius 3 is 2.76 bits per heavy atom. The molecule has 2 aliphatic heterocycles. The van der Waals surface area contributed by atoms with Crippen LogP contribution in [0.15, 0.2) is 29.6 Å². The average Bonchev–Trinajstić information content (AvgIpc) is 3.36. The van der Waals surface area contributed by atoms with E-state index in [-0.39, 0.29) is 17.7 Å². The van der Waals surface area contributed by atoms with Gasteiger partial charge in [-0.05, 0) is 25.5 Å². The minimum Gasteiger partial charge on any atom is -0.365 e. The van der Waals surface area contributed by atoms with Crippen molar-refractivity contribution >= 4 is 39.2 Å². The van der Waals surface area contributed by atoms with Gasteiger partial charge in [0.1, 0.15) is 11.3 Å². The zero-order valence-corrected chi connectivity index (χ0v) is 22.3. The van der Waals surface area contributed by atoms with Gasteiger partial charge in [-0.3, -0.25) is 4.99 Å². The molecule has 5 rings (SSSR count). The van der Waals surface area contributed by atoms with Crippen molar-refractivity contribution in [1.82, 2.24) is 34.1 Å². The lowest BCUT2D eigenvalue weighted by Crippen LogP contribution is -2.49. The highest BCUT2D eigenvalue weighted by Gasteiger charge is 2.32. The number of hydrogen-bond donors (Lipinski definition) is 2. The van der Waals surface area contributed by atoms with Crippen LogP contribution in [0.4, 0.5) is 11.8 Å². The first kappa shape index (κ1) is 25.5. The first-order chi connectivity index (χ1) is 17.8. The molecule has 2 N–H and O–H groups in total. The molecule has 2 fully saturated rings. The highest BCUT2D eigenvalue weighted by molar-refractivity contribution is 7.89. The number of aromatic nitrogens is 5. The van der Waals surface area contributed by atoms with E-state index < -0.39 is 10.0 Å². The van der Waals surface area contributed by atoms with E-state index >= 15 is 0 Å². The van der Waals surface area contributed by atoms with Crippen molar-refractivity contribution in [3.8, 4) is 11.3 Å². The number of sulfonamides is 1. The van der Waals surface area contributed by atoms with Crippen molar-refractivity contribution in [1.29, 1.82) is 0 Å². The normalized spacial score (nSPS) is 22.2. The van der Waals surface area contributed by atoms with Crippen molar-refractivity contribution in [3.05, 3.63) is 24.7 Å². The first-order valence-corrected chi connectivity index (χ1v) is 14.2. The van der Waals surface area contributed by atoms with Crippen LogP contribution in [0, 0.1) is 5.92 Å². The number of piperidine rings is 1.